The average Bonchev–Trinajstić information content (AvgIpc) is 2.99. The fourth-order valence-corrected chi connectivity index (χ4v) is 2.62. The van der Waals surface area contributed by atoms with Crippen molar-refractivity contribution >= 4 is 6.03 Å². The van der Waals surface area contributed by atoms with Crippen molar-refractivity contribution in [3.05, 3.63) is 18.0 Å². The highest BCUT2D eigenvalue weighted by Gasteiger charge is 2.29. The molecule has 0 saturated carbocycles. The first-order chi connectivity index (χ1) is 9.72. The SMILES string of the molecule is COCC[C@@H](C)NC(=O)N1CCCC[C@@H]1c1cn[nH]c1. The molecule has 112 valence electrons. The molecule has 2 rings (SSSR count). The minimum atomic E-state index is 0.0134. The number of carbonyl (C=O) groups is 1. The van der Waals surface area contributed by atoms with E-state index in [0.29, 0.717) is 6.61 Å². The summed E-state index contributed by atoms with van der Waals surface area (Å²) in [4.78, 5) is 14.3. The molecule has 6 nitrogen and oxygen atoms in total. The van der Waals surface area contributed by atoms with Crippen LogP contribution in [0.5, 0.6) is 0 Å². The predicted octanol–water partition coefficient (Wildman–Crippen LogP) is 2.07. The largest absolute Gasteiger partial charge is 0.385 e. The molecular weight excluding hydrogens is 256 g/mol. The zero-order valence-electron chi connectivity index (χ0n) is 12.3. The summed E-state index contributed by atoms with van der Waals surface area (Å²) in [5.74, 6) is 0. The number of hydrogen-bond donors (Lipinski definition) is 2. The van der Waals surface area contributed by atoms with Gasteiger partial charge in [0, 0.05) is 38.1 Å². The monoisotopic (exact) mass is 280 g/mol. The highest BCUT2D eigenvalue weighted by molar-refractivity contribution is 5.75. The number of nitrogens with one attached hydrogen (secondary N) is 2. The molecule has 1 fully saturated rings. The summed E-state index contributed by atoms with van der Waals surface area (Å²) in [5.41, 5.74) is 1.09. The van der Waals surface area contributed by atoms with E-state index in [4.69, 9.17) is 4.74 Å². The summed E-state index contributed by atoms with van der Waals surface area (Å²) < 4.78 is 5.04. The van der Waals surface area contributed by atoms with Gasteiger partial charge in [-0.25, -0.2) is 4.79 Å². The van der Waals surface area contributed by atoms with E-state index in [1.807, 2.05) is 24.2 Å². The van der Waals surface area contributed by atoms with E-state index in [0.717, 1.165) is 37.8 Å². The van der Waals surface area contributed by atoms with Gasteiger partial charge in [-0.1, -0.05) is 0 Å². The minimum absolute atomic E-state index is 0.0134. The van der Waals surface area contributed by atoms with Crippen LogP contribution in [0.15, 0.2) is 12.4 Å². The number of hydrogen-bond acceptors (Lipinski definition) is 3. The van der Waals surface area contributed by atoms with Crippen LogP contribution in [0, 0.1) is 0 Å². The van der Waals surface area contributed by atoms with Gasteiger partial charge in [-0.2, -0.15) is 5.10 Å². The fraction of sp³-hybridized carbons (Fsp3) is 0.714. The molecule has 1 aromatic heterocycles. The number of rotatable bonds is 5. The Kier molecular flexibility index (Phi) is 5.40. The minimum Gasteiger partial charge on any atom is -0.385 e. The maximum absolute atomic E-state index is 12.4. The topological polar surface area (TPSA) is 70.2 Å². The van der Waals surface area contributed by atoms with E-state index in [1.54, 1.807) is 7.11 Å². The Morgan fingerprint density at radius 3 is 3.20 bits per heavy atom. The Morgan fingerprint density at radius 1 is 1.65 bits per heavy atom. The average molecular weight is 280 g/mol. The van der Waals surface area contributed by atoms with Gasteiger partial charge < -0.3 is 15.0 Å². The van der Waals surface area contributed by atoms with E-state index in [9.17, 15) is 4.79 Å². The summed E-state index contributed by atoms with van der Waals surface area (Å²) in [6.45, 7) is 3.47. The van der Waals surface area contributed by atoms with Gasteiger partial charge in [0.2, 0.25) is 0 Å². The first-order valence-electron chi connectivity index (χ1n) is 7.27. The van der Waals surface area contributed by atoms with Crippen LogP contribution in [-0.4, -0.2) is 47.4 Å². The zero-order chi connectivity index (χ0) is 14.4. The third-order valence-corrected chi connectivity index (χ3v) is 3.79. The summed E-state index contributed by atoms with van der Waals surface area (Å²) in [6.07, 6.45) is 7.73. The number of aromatic nitrogens is 2. The van der Waals surface area contributed by atoms with Crippen molar-refractivity contribution in [1.29, 1.82) is 0 Å². The zero-order valence-corrected chi connectivity index (χ0v) is 12.3. The maximum atomic E-state index is 12.4. The molecule has 1 aliphatic heterocycles. The van der Waals surface area contributed by atoms with E-state index in [-0.39, 0.29) is 18.1 Å². The second-order valence-corrected chi connectivity index (χ2v) is 5.37. The second kappa shape index (κ2) is 7.28. The lowest BCUT2D eigenvalue weighted by Gasteiger charge is -2.36. The maximum Gasteiger partial charge on any atom is 0.318 e. The Hall–Kier alpha value is -1.56. The number of aromatic amines is 1. The van der Waals surface area contributed by atoms with Crippen molar-refractivity contribution in [3.63, 3.8) is 0 Å². The molecule has 2 amide bonds. The van der Waals surface area contributed by atoms with Gasteiger partial charge >= 0.3 is 6.03 Å². The Balaban J connectivity index is 1.95. The van der Waals surface area contributed by atoms with Crippen LogP contribution < -0.4 is 5.32 Å². The third-order valence-electron chi connectivity index (χ3n) is 3.79. The lowest BCUT2D eigenvalue weighted by molar-refractivity contribution is 0.144. The van der Waals surface area contributed by atoms with Crippen LogP contribution in [0.3, 0.4) is 0 Å². The van der Waals surface area contributed by atoms with Gasteiger partial charge in [0.25, 0.3) is 0 Å². The second-order valence-electron chi connectivity index (χ2n) is 5.37. The van der Waals surface area contributed by atoms with Crippen molar-refractivity contribution in [2.75, 3.05) is 20.3 Å². The number of carbonyl (C=O) groups excluding carboxylic acids is 1. The fourth-order valence-electron chi connectivity index (χ4n) is 2.62. The van der Waals surface area contributed by atoms with Crippen molar-refractivity contribution in [2.24, 2.45) is 0 Å². The summed E-state index contributed by atoms with van der Waals surface area (Å²) in [7, 11) is 1.67. The van der Waals surface area contributed by atoms with Crippen LogP contribution >= 0.6 is 0 Å². The molecule has 20 heavy (non-hydrogen) atoms. The molecule has 0 aliphatic carbocycles. The molecule has 1 aliphatic rings. The molecule has 0 bridgehead atoms. The van der Waals surface area contributed by atoms with Gasteiger partial charge in [0.1, 0.15) is 0 Å². The lowest BCUT2D eigenvalue weighted by atomic mass is 9.98. The molecular formula is C14H24N4O2. The Morgan fingerprint density at radius 2 is 2.50 bits per heavy atom. The number of urea groups is 1. The number of methoxy groups -OCH3 is 1. The molecule has 1 saturated heterocycles. The molecule has 0 radical (unpaired) electrons. The normalized spacial score (nSPS) is 20.7. The molecule has 0 aromatic carbocycles. The number of H-pyrrole nitrogens is 1. The molecule has 2 atom stereocenters. The van der Waals surface area contributed by atoms with E-state index >= 15 is 0 Å². The molecule has 6 heteroatoms. The third kappa shape index (κ3) is 3.72. The van der Waals surface area contributed by atoms with Gasteiger partial charge in [0.15, 0.2) is 0 Å². The molecule has 0 unspecified atom stereocenters. The van der Waals surface area contributed by atoms with E-state index < -0.39 is 0 Å². The van der Waals surface area contributed by atoms with Gasteiger partial charge in [-0.3, -0.25) is 5.10 Å². The smallest absolute Gasteiger partial charge is 0.318 e. The first-order valence-corrected chi connectivity index (χ1v) is 7.27. The first kappa shape index (κ1) is 14.8. The lowest BCUT2D eigenvalue weighted by Crippen LogP contribution is -2.47. The van der Waals surface area contributed by atoms with E-state index in [1.165, 1.54) is 0 Å². The van der Waals surface area contributed by atoms with Gasteiger partial charge in [-0.15, -0.1) is 0 Å². The number of amides is 2. The summed E-state index contributed by atoms with van der Waals surface area (Å²) in [5, 5.41) is 9.88. The van der Waals surface area contributed by atoms with Crippen molar-refractivity contribution < 1.29 is 9.53 Å². The molecule has 1 aromatic rings. The van der Waals surface area contributed by atoms with Crippen molar-refractivity contribution in [2.45, 2.75) is 44.7 Å². The molecule has 2 N–H and O–H groups in total. The van der Waals surface area contributed by atoms with Gasteiger partial charge in [0.05, 0.1) is 12.2 Å². The summed E-state index contributed by atoms with van der Waals surface area (Å²) in [6, 6.07) is 0.269. The van der Waals surface area contributed by atoms with E-state index in [2.05, 4.69) is 15.5 Å². The van der Waals surface area contributed by atoms with Crippen LogP contribution in [0.4, 0.5) is 4.79 Å². The van der Waals surface area contributed by atoms with Crippen LogP contribution in [0.25, 0.3) is 0 Å². The number of likely N-dealkylation sites (tertiary alicyclic amines) is 1. The number of nitrogens with zero attached hydrogens (tertiary/aromatic N) is 2. The highest BCUT2D eigenvalue weighted by atomic mass is 16.5. The molecule has 2 heterocycles. The quantitative estimate of drug-likeness (QED) is 0.867. The van der Waals surface area contributed by atoms with Crippen LogP contribution in [-0.2, 0) is 4.74 Å². The number of piperidine rings is 1. The highest BCUT2D eigenvalue weighted by Crippen LogP contribution is 2.30. The van der Waals surface area contributed by atoms with Crippen molar-refractivity contribution in [1.82, 2.24) is 20.4 Å². The number of ether oxygens (including phenoxy) is 1. The van der Waals surface area contributed by atoms with Gasteiger partial charge in [-0.05, 0) is 32.6 Å². The Labute approximate surface area is 119 Å². The van der Waals surface area contributed by atoms with Crippen molar-refractivity contribution in [3.8, 4) is 0 Å². The van der Waals surface area contributed by atoms with Crippen LogP contribution in [0.1, 0.15) is 44.2 Å². The standard InChI is InChI=1S/C14H24N4O2/c1-11(6-8-20-2)17-14(19)18-7-4-3-5-13(18)12-9-15-16-10-12/h9-11,13H,3-8H2,1-2H3,(H,15,16)(H,17,19)/t11-,13-/m1/s1. The predicted molar refractivity (Wildman–Crippen MR) is 76.4 cm³/mol. The summed E-state index contributed by atoms with van der Waals surface area (Å²) >= 11 is 0. The van der Waals surface area contributed by atoms with Crippen LogP contribution in [0.2, 0.25) is 0 Å². The molecule has 0 spiro atoms. The Bertz CT molecular complexity index is 407.